The molecule has 0 bridgehead atoms. The third-order valence-corrected chi connectivity index (χ3v) is 10.2. The van der Waals surface area contributed by atoms with Crippen molar-refractivity contribution in [2.24, 2.45) is 0 Å². The summed E-state index contributed by atoms with van der Waals surface area (Å²) in [5, 5.41) is 10.7. The van der Waals surface area contributed by atoms with Crippen molar-refractivity contribution in [1.82, 2.24) is 5.32 Å². The van der Waals surface area contributed by atoms with Crippen molar-refractivity contribution in [2.75, 3.05) is 19.4 Å². The summed E-state index contributed by atoms with van der Waals surface area (Å²) in [6, 6.07) is 0. The van der Waals surface area contributed by atoms with Crippen molar-refractivity contribution < 1.29 is 51.6 Å². The van der Waals surface area contributed by atoms with Gasteiger partial charge in [0.15, 0.2) is 33.5 Å². The molecule has 0 aliphatic rings. The maximum atomic E-state index is 11.1. The van der Waals surface area contributed by atoms with Gasteiger partial charge in [-0.05, 0) is 32.7 Å². The lowest BCUT2D eigenvalue weighted by molar-refractivity contribution is -0.122. The zero-order valence-corrected chi connectivity index (χ0v) is 19.5. The molecule has 164 valence electrons. The van der Waals surface area contributed by atoms with Crippen LogP contribution in [0.1, 0.15) is 0 Å². The molecule has 0 aliphatic heterocycles. The van der Waals surface area contributed by atoms with E-state index in [0.29, 0.717) is 0 Å². The van der Waals surface area contributed by atoms with Gasteiger partial charge in [-0.15, -0.1) is 0 Å². The molecule has 15 heteroatoms. The van der Waals surface area contributed by atoms with Crippen LogP contribution in [0.2, 0.25) is 32.7 Å². The Morgan fingerprint density at radius 1 is 0.893 bits per heavy atom. The molecule has 28 heavy (non-hydrogen) atoms. The second-order valence-corrected chi connectivity index (χ2v) is 16.7. The van der Waals surface area contributed by atoms with Gasteiger partial charge in [0.05, 0.1) is 12.8 Å². The van der Waals surface area contributed by atoms with E-state index in [9.17, 15) is 14.4 Å². The summed E-state index contributed by atoms with van der Waals surface area (Å²) in [5.41, 5.74) is 0. The lowest BCUT2D eigenvalue weighted by atomic mass is 10.8. The molecule has 0 aliphatic carbocycles. The minimum absolute atomic E-state index is 0.156. The fraction of sp³-hybridized carbons (Fsp3) is 0.615. The first-order valence-corrected chi connectivity index (χ1v) is 16.1. The first-order chi connectivity index (χ1) is 12.7. The van der Waals surface area contributed by atoms with Crippen LogP contribution in [-0.2, 0) is 32.1 Å². The molecule has 0 spiro atoms. The van der Waals surface area contributed by atoms with Crippen molar-refractivity contribution in [3.63, 3.8) is 0 Å². The number of alkyl carbamates (subject to hydrolysis) is 1. The number of carbonyl (C=O) groups is 5. The van der Waals surface area contributed by atoms with Gasteiger partial charge in [-0.2, -0.15) is 0 Å². The van der Waals surface area contributed by atoms with Crippen LogP contribution in [0, 0.1) is 0 Å². The van der Waals surface area contributed by atoms with Crippen LogP contribution in [0.25, 0.3) is 0 Å². The number of aldehydes is 4. The fourth-order valence-corrected chi connectivity index (χ4v) is 11.8. The topological polar surface area (TPSA) is 186 Å². The zero-order valence-electron chi connectivity index (χ0n) is 16.5. The van der Waals surface area contributed by atoms with Crippen molar-refractivity contribution in [3.8, 4) is 0 Å². The van der Waals surface area contributed by atoms with Gasteiger partial charge in [0.1, 0.15) is 6.61 Å². The molecule has 0 aromatic rings. The van der Waals surface area contributed by atoms with Crippen molar-refractivity contribution in [1.29, 1.82) is 0 Å². The smallest absolute Gasteiger partial charge is 0.447 e. The molecule has 12 nitrogen and oxygen atoms in total. The Hall–Kier alpha value is -1.60. The van der Waals surface area contributed by atoms with Crippen molar-refractivity contribution in [3.05, 3.63) is 0 Å². The molecule has 1 amide bonds. The molecular formula is C13H29NO11Si3. The normalized spacial score (nSPS) is 10.9. The Bertz CT molecular complexity index is 457. The minimum Gasteiger partial charge on any atom is -0.447 e. The minimum atomic E-state index is -4.06. The van der Waals surface area contributed by atoms with E-state index < -0.39 is 37.9 Å². The molecule has 4 N–H and O–H groups in total. The highest BCUT2D eigenvalue weighted by Crippen LogP contribution is 2.17. The SMILES string of the molecule is C[Si](C)(C)O[Si](C)(C)O[Si](O)(O)CNC(=O)OCCO.O=CC=O.O=CC=O. The van der Waals surface area contributed by atoms with Gasteiger partial charge < -0.3 is 33.0 Å². The summed E-state index contributed by atoms with van der Waals surface area (Å²) in [6.07, 6.45) is -0.490. The molecule has 0 rings (SSSR count). The Morgan fingerprint density at radius 3 is 1.64 bits per heavy atom. The van der Waals surface area contributed by atoms with Crippen LogP contribution in [-0.4, -0.2) is 91.0 Å². The molecule has 0 radical (unpaired) electrons. The molecule has 0 saturated heterocycles. The zero-order chi connectivity index (χ0) is 22.9. The summed E-state index contributed by atoms with van der Waals surface area (Å²) in [7, 11) is -8.59. The van der Waals surface area contributed by atoms with E-state index in [1.165, 1.54) is 0 Å². The number of ether oxygens (including phenoxy) is 1. The standard InChI is InChI=1S/C9H25NO7Si3.2C2H2O2/c1-18(2,3)16-19(4,5)17-20(13,14)8-10-9(12)15-7-6-11;2*3-1-2-4/h11,13-14H,6-8H2,1-5H3,(H,10,12);2*1-2H. The lowest BCUT2D eigenvalue weighted by Crippen LogP contribution is -2.59. The van der Waals surface area contributed by atoms with Crippen LogP contribution < -0.4 is 5.32 Å². The second-order valence-electron chi connectivity index (χ2n) is 6.22. The van der Waals surface area contributed by atoms with E-state index in [1.54, 1.807) is 13.1 Å². The van der Waals surface area contributed by atoms with Crippen LogP contribution in [0.5, 0.6) is 0 Å². The van der Waals surface area contributed by atoms with Gasteiger partial charge in [-0.3, -0.25) is 19.2 Å². The third kappa shape index (κ3) is 26.6. The van der Waals surface area contributed by atoms with E-state index in [2.05, 4.69) is 10.1 Å². The molecule has 0 saturated carbocycles. The maximum Gasteiger partial charge on any atom is 0.506 e. The predicted molar refractivity (Wildman–Crippen MR) is 104 cm³/mol. The van der Waals surface area contributed by atoms with Gasteiger partial charge in [-0.25, -0.2) is 4.79 Å². The van der Waals surface area contributed by atoms with E-state index in [4.69, 9.17) is 32.5 Å². The average molecular weight is 460 g/mol. The second kappa shape index (κ2) is 16.4. The van der Waals surface area contributed by atoms with Gasteiger partial charge in [0.2, 0.25) is 0 Å². The Morgan fingerprint density at radius 2 is 1.32 bits per heavy atom. The highest BCUT2D eigenvalue weighted by Gasteiger charge is 2.43. The summed E-state index contributed by atoms with van der Waals surface area (Å²) in [5.74, 6) is 0. The van der Waals surface area contributed by atoms with E-state index in [1.807, 2.05) is 19.6 Å². The highest BCUT2D eigenvalue weighted by atomic mass is 28.5. The van der Waals surface area contributed by atoms with E-state index >= 15 is 0 Å². The van der Waals surface area contributed by atoms with Gasteiger partial charge in [0.25, 0.3) is 0 Å². The molecule has 0 atom stereocenters. The quantitative estimate of drug-likeness (QED) is 0.169. The van der Waals surface area contributed by atoms with Crippen LogP contribution >= 0.6 is 0 Å². The molecule has 0 unspecified atom stereocenters. The number of aliphatic hydroxyl groups is 1. The number of hydrogen-bond donors (Lipinski definition) is 4. The van der Waals surface area contributed by atoms with Gasteiger partial charge in [0, 0.05) is 0 Å². The van der Waals surface area contributed by atoms with Crippen molar-refractivity contribution in [2.45, 2.75) is 32.7 Å². The molecule has 0 aromatic heterocycles. The third-order valence-electron chi connectivity index (χ3n) is 1.86. The molecule has 0 fully saturated rings. The summed E-state index contributed by atoms with van der Waals surface area (Å²) in [4.78, 5) is 66.0. The lowest BCUT2D eigenvalue weighted by Gasteiger charge is -2.34. The summed E-state index contributed by atoms with van der Waals surface area (Å²) < 4.78 is 15.7. The molecular weight excluding hydrogens is 430 g/mol. The number of aliphatic hydroxyl groups excluding tert-OH is 1. The van der Waals surface area contributed by atoms with Crippen LogP contribution in [0.3, 0.4) is 0 Å². The number of nitrogens with one attached hydrogen (secondary N) is 1. The van der Waals surface area contributed by atoms with Crippen LogP contribution in [0.15, 0.2) is 0 Å². The number of carbonyl (C=O) groups excluding carboxylic acids is 5. The number of amides is 1. The first-order valence-electron chi connectivity index (χ1n) is 7.84. The molecule has 0 aromatic carbocycles. The largest absolute Gasteiger partial charge is 0.506 e. The Labute approximate surface area is 166 Å². The summed E-state index contributed by atoms with van der Waals surface area (Å²) >= 11 is 0. The summed E-state index contributed by atoms with van der Waals surface area (Å²) in [6.45, 7) is 8.94. The van der Waals surface area contributed by atoms with Gasteiger partial charge >= 0.3 is 23.5 Å². The highest BCUT2D eigenvalue weighted by molar-refractivity contribution is 6.84. The average Bonchev–Trinajstić information content (AvgIpc) is 2.55. The Kier molecular flexibility index (Phi) is 18.2. The fourth-order valence-electron chi connectivity index (χ4n) is 1.56. The van der Waals surface area contributed by atoms with E-state index in [0.717, 1.165) is 0 Å². The van der Waals surface area contributed by atoms with E-state index in [-0.39, 0.29) is 38.4 Å². The maximum absolute atomic E-state index is 11.1. The monoisotopic (exact) mass is 459 g/mol. The number of rotatable bonds is 10. The number of hydrogen-bond acceptors (Lipinski definition) is 11. The molecule has 0 heterocycles. The van der Waals surface area contributed by atoms with Gasteiger partial charge in [-0.1, -0.05) is 0 Å². The first kappa shape index (κ1) is 31.1. The predicted octanol–water partition coefficient (Wildman–Crippen LogP) is -1.49. The van der Waals surface area contributed by atoms with Crippen molar-refractivity contribution >= 4 is 56.9 Å². The van der Waals surface area contributed by atoms with Crippen LogP contribution in [0.4, 0.5) is 4.79 Å². The Balaban J connectivity index is -0.000000656.